The molecule has 1 atom stereocenters. The Balaban J connectivity index is 1.57. The Hall–Kier alpha value is -3.30. The van der Waals surface area contributed by atoms with Crippen LogP contribution in [0.1, 0.15) is 22.0 Å². The van der Waals surface area contributed by atoms with Crippen molar-refractivity contribution in [2.45, 2.75) is 6.04 Å². The number of rotatable bonds is 5. The molecular formula is C21H24N6O3. The maximum atomic E-state index is 13.0. The van der Waals surface area contributed by atoms with Gasteiger partial charge in [0.2, 0.25) is 0 Å². The van der Waals surface area contributed by atoms with E-state index in [0.29, 0.717) is 6.54 Å². The molecular weight excluding hydrogens is 384 g/mol. The van der Waals surface area contributed by atoms with E-state index in [2.05, 4.69) is 37.1 Å². The van der Waals surface area contributed by atoms with Crippen molar-refractivity contribution in [3.05, 3.63) is 74.6 Å². The SMILES string of the molecule is CN1CCN(CC(NC(=O)c2cnc3[nH]c(=O)[nH]c(=O)c3c2)c2ccccc2)CC1. The molecule has 9 heteroatoms. The molecule has 3 heterocycles. The van der Waals surface area contributed by atoms with Gasteiger partial charge in [0.25, 0.3) is 11.5 Å². The number of hydrogen-bond acceptors (Lipinski definition) is 6. The van der Waals surface area contributed by atoms with Gasteiger partial charge in [-0.15, -0.1) is 0 Å². The Bertz CT molecular complexity index is 1150. The average Bonchev–Trinajstić information content (AvgIpc) is 2.75. The summed E-state index contributed by atoms with van der Waals surface area (Å²) < 4.78 is 0. The van der Waals surface area contributed by atoms with Gasteiger partial charge >= 0.3 is 5.69 Å². The summed E-state index contributed by atoms with van der Waals surface area (Å²) in [6.07, 6.45) is 1.37. The van der Waals surface area contributed by atoms with Crippen LogP contribution in [0.15, 0.2) is 52.2 Å². The quantitative estimate of drug-likeness (QED) is 0.561. The number of carbonyl (C=O) groups excluding carboxylic acids is 1. The van der Waals surface area contributed by atoms with Gasteiger partial charge in [0.05, 0.1) is 17.0 Å². The van der Waals surface area contributed by atoms with E-state index in [9.17, 15) is 14.4 Å². The van der Waals surface area contributed by atoms with Crippen molar-refractivity contribution in [1.82, 2.24) is 30.1 Å². The van der Waals surface area contributed by atoms with Crippen LogP contribution >= 0.6 is 0 Å². The number of amides is 1. The Morgan fingerprint density at radius 2 is 1.87 bits per heavy atom. The lowest BCUT2D eigenvalue weighted by Crippen LogP contribution is -2.47. The summed E-state index contributed by atoms with van der Waals surface area (Å²) in [5.74, 6) is -0.321. The summed E-state index contributed by atoms with van der Waals surface area (Å²) in [5.41, 5.74) is 0.221. The number of aromatic amines is 2. The second-order valence-electron chi connectivity index (χ2n) is 7.57. The normalized spacial score (nSPS) is 16.4. The lowest BCUT2D eigenvalue weighted by Gasteiger charge is -2.35. The number of carbonyl (C=O) groups is 1. The van der Waals surface area contributed by atoms with E-state index in [1.807, 2.05) is 30.3 Å². The zero-order valence-corrected chi connectivity index (χ0v) is 16.7. The molecule has 1 fully saturated rings. The summed E-state index contributed by atoms with van der Waals surface area (Å²) in [6.45, 7) is 4.56. The van der Waals surface area contributed by atoms with Crippen LogP contribution in [-0.4, -0.2) is 70.4 Å². The van der Waals surface area contributed by atoms with E-state index >= 15 is 0 Å². The molecule has 1 aliphatic heterocycles. The monoisotopic (exact) mass is 408 g/mol. The van der Waals surface area contributed by atoms with Gasteiger partial charge in [0, 0.05) is 38.9 Å². The van der Waals surface area contributed by atoms with E-state index in [4.69, 9.17) is 0 Å². The number of nitrogens with zero attached hydrogens (tertiary/aromatic N) is 3. The second kappa shape index (κ2) is 8.60. The molecule has 1 unspecified atom stereocenters. The fourth-order valence-electron chi connectivity index (χ4n) is 3.62. The third-order valence-electron chi connectivity index (χ3n) is 5.40. The molecule has 0 aliphatic carbocycles. The number of pyridine rings is 1. The van der Waals surface area contributed by atoms with Gasteiger partial charge in [-0.05, 0) is 18.7 Å². The van der Waals surface area contributed by atoms with Crippen molar-refractivity contribution in [1.29, 1.82) is 0 Å². The maximum Gasteiger partial charge on any atom is 0.327 e. The lowest BCUT2D eigenvalue weighted by molar-refractivity contribution is 0.0907. The molecule has 156 valence electrons. The first-order valence-corrected chi connectivity index (χ1v) is 9.88. The maximum absolute atomic E-state index is 13.0. The average molecular weight is 408 g/mol. The summed E-state index contributed by atoms with van der Waals surface area (Å²) in [4.78, 5) is 49.7. The minimum Gasteiger partial charge on any atom is -0.344 e. The van der Waals surface area contributed by atoms with Gasteiger partial charge < -0.3 is 10.2 Å². The highest BCUT2D eigenvalue weighted by Gasteiger charge is 2.22. The van der Waals surface area contributed by atoms with Crippen molar-refractivity contribution in [2.75, 3.05) is 39.8 Å². The minimum absolute atomic E-state index is 0.150. The van der Waals surface area contributed by atoms with E-state index in [-0.39, 0.29) is 28.5 Å². The molecule has 1 amide bonds. The molecule has 0 saturated carbocycles. The molecule has 0 bridgehead atoms. The molecule has 3 aromatic rings. The van der Waals surface area contributed by atoms with Gasteiger partial charge in [0.1, 0.15) is 5.65 Å². The lowest BCUT2D eigenvalue weighted by atomic mass is 10.1. The number of fused-ring (bicyclic) bond motifs is 1. The summed E-state index contributed by atoms with van der Waals surface area (Å²) in [6, 6.07) is 11.1. The molecule has 1 aliphatic rings. The second-order valence-corrected chi connectivity index (χ2v) is 7.57. The molecule has 3 N–H and O–H groups in total. The van der Waals surface area contributed by atoms with Crippen molar-refractivity contribution < 1.29 is 4.79 Å². The van der Waals surface area contributed by atoms with Crippen LogP contribution < -0.4 is 16.6 Å². The Kier molecular flexibility index (Phi) is 5.73. The number of aromatic nitrogens is 3. The van der Waals surface area contributed by atoms with E-state index < -0.39 is 11.2 Å². The first-order valence-electron chi connectivity index (χ1n) is 9.88. The van der Waals surface area contributed by atoms with Gasteiger partial charge in [0.15, 0.2) is 0 Å². The Morgan fingerprint density at radius 1 is 1.13 bits per heavy atom. The molecule has 9 nitrogen and oxygen atoms in total. The fourth-order valence-corrected chi connectivity index (χ4v) is 3.62. The summed E-state index contributed by atoms with van der Waals surface area (Å²) in [7, 11) is 2.11. The molecule has 2 aromatic heterocycles. The highest BCUT2D eigenvalue weighted by atomic mass is 16.2. The largest absolute Gasteiger partial charge is 0.344 e. The summed E-state index contributed by atoms with van der Waals surface area (Å²) in [5, 5.41) is 3.25. The van der Waals surface area contributed by atoms with Gasteiger partial charge in [-0.25, -0.2) is 9.78 Å². The van der Waals surface area contributed by atoms with Crippen molar-refractivity contribution in [3.63, 3.8) is 0 Å². The van der Waals surface area contributed by atoms with Crippen LogP contribution in [0.25, 0.3) is 11.0 Å². The topological polar surface area (TPSA) is 114 Å². The molecule has 1 aromatic carbocycles. The fraction of sp³-hybridized carbons (Fsp3) is 0.333. The number of benzene rings is 1. The third-order valence-corrected chi connectivity index (χ3v) is 5.40. The molecule has 0 spiro atoms. The van der Waals surface area contributed by atoms with E-state index in [1.165, 1.54) is 12.3 Å². The third kappa shape index (κ3) is 4.47. The van der Waals surface area contributed by atoms with Gasteiger partial charge in [-0.1, -0.05) is 30.3 Å². The highest BCUT2D eigenvalue weighted by molar-refractivity contribution is 5.96. The Morgan fingerprint density at radius 3 is 2.60 bits per heavy atom. The van der Waals surface area contributed by atoms with Crippen LogP contribution in [0.4, 0.5) is 0 Å². The molecule has 1 saturated heterocycles. The predicted molar refractivity (Wildman–Crippen MR) is 114 cm³/mol. The number of likely N-dealkylation sites (N-methyl/N-ethyl adjacent to an activating group) is 1. The number of H-pyrrole nitrogens is 2. The number of nitrogens with one attached hydrogen (secondary N) is 3. The van der Waals surface area contributed by atoms with Crippen LogP contribution in [-0.2, 0) is 0 Å². The van der Waals surface area contributed by atoms with Crippen LogP contribution in [0.3, 0.4) is 0 Å². The molecule has 30 heavy (non-hydrogen) atoms. The molecule has 0 radical (unpaired) electrons. The first kappa shape index (κ1) is 20.0. The zero-order chi connectivity index (χ0) is 21.1. The van der Waals surface area contributed by atoms with E-state index in [1.54, 1.807) is 0 Å². The predicted octanol–water partition coefficient (Wildman–Crippen LogP) is 0.330. The van der Waals surface area contributed by atoms with Crippen molar-refractivity contribution in [2.24, 2.45) is 0 Å². The van der Waals surface area contributed by atoms with Gasteiger partial charge in [-0.2, -0.15) is 0 Å². The van der Waals surface area contributed by atoms with Crippen LogP contribution in [0.2, 0.25) is 0 Å². The zero-order valence-electron chi connectivity index (χ0n) is 16.7. The van der Waals surface area contributed by atoms with Gasteiger partial charge in [-0.3, -0.25) is 24.5 Å². The number of hydrogen-bond donors (Lipinski definition) is 3. The Labute approximate surface area is 172 Å². The standard InChI is InChI=1S/C21H24N6O3/c1-26-7-9-27(10-8-26)13-17(14-5-3-2-4-6-14)23-19(28)15-11-16-18(22-12-15)24-21(30)25-20(16)29/h2-6,11-12,17H,7-10,13H2,1H3,(H,23,28)(H2,22,24,25,29,30). The van der Waals surface area contributed by atoms with Crippen LogP contribution in [0.5, 0.6) is 0 Å². The van der Waals surface area contributed by atoms with Crippen LogP contribution in [0, 0.1) is 0 Å². The summed E-state index contributed by atoms with van der Waals surface area (Å²) >= 11 is 0. The van der Waals surface area contributed by atoms with Crippen molar-refractivity contribution >= 4 is 16.9 Å². The van der Waals surface area contributed by atoms with Crippen molar-refractivity contribution in [3.8, 4) is 0 Å². The molecule has 4 rings (SSSR count). The number of piperazine rings is 1. The highest BCUT2D eigenvalue weighted by Crippen LogP contribution is 2.17. The smallest absolute Gasteiger partial charge is 0.327 e. The van der Waals surface area contributed by atoms with E-state index in [0.717, 1.165) is 31.7 Å². The minimum atomic E-state index is -0.631. The first-order chi connectivity index (χ1) is 14.5.